The second kappa shape index (κ2) is 13.6. The van der Waals surface area contributed by atoms with E-state index in [0.29, 0.717) is 51.2 Å². The molecule has 48 heavy (non-hydrogen) atoms. The molecule has 2 amide bonds. The van der Waals surface area contributed by atoms with Gasteiger partial charge in [-0.15, -0.1) is 6.58 Å². The predicted octanol–water partition coefficient (Wildman–Crippen LogP) is 5.02. The van der Waals surface area contributed by atoms with Gasteiger partial charge in [-0.2, -0.15) is 5.10 Å². The highest BCUT2D eigenvalue weighted by molar-refractivity contribution is 9.10. The maximum atomic E-state index is 14.3. The number of anilines is 1. The predicted molar refractivity (Wildman–Crippen MR) is 186 cm³/mol. The number of Topliss-reactive ketones (excluding diaryl/α,β-unsaturated/α-hetero) is 1. The van der Waals surface area contributed by atoms with Gasteiger partial charge in [0, 0.05) is 48.3 Å². The van der Waals surface area contributed by atoms with Crippen LogP contribution in [0.5, 0.6) is 0 Å². The van der Waals surface area contributed by atoms with Crippen LogP contribution in [0.1, 0.15) is 61.4 Å². The fourth-order valence-corrected chi connectivity index (χ4v) is 7.23. The summed E-state index contributed by atoms with van der Waals surface area (Å²) in [7, 11) is 2.11. The first-order valence-corrected chi connectivity index (χ1v) is 17.1. The lowest BCUT2D eigenvalue weighted by molar-refractivity contribution is -0.138. The van der Waals surface area contributed by atoms with E-state index in [0.717, 1.165) is 37.9 Å². The molecule has 0 radical (unpaired) electrons. The topological polar surface area (TPSA) is 139 Å². The van der Waals surface area contributed by atoms with Gasteiger partial charge >= 0.3 is 0 Å². The number of nitrogens with one attached hydrogen (secondary N) is 1. The molecule has 2 aliphatic rings. The molecule has 12 nitrogen and oxygen atoms in total. The summed E-state index contributed by atoms with van der Waals surface area (Å²) < 4.78 is 2.12. The first-order chi connectivity index (χ1) is 23.0. The van der Waals surface area contributed by atoms with Crippen molar-refractivity contribution in [2.24, 2.45) is 5.41 Å². The van der Waals surface area contributed by atoms with Gasteiger partial charge in [0.15, 0.2) is 5.78 Å². The molecule has 13 heteroatoms. The van der Waals surface area contributed by atoms with E-state index in [-0.39, 0.29) is 41.3 Å². The number of unbranched alkanes of at least 4 members (excludes halogenated alkanes) is 1. The summed E-state index contributed by atoms with van der Waals surface area (Å²) in [5.41, 5.74) is 2.77. The summed E-state index contributed by atoms with van der Waals surface area (Å²) in [6.45, 7) is 10.9. The first-order valence-electron chi connectivity index (χ1n) is 16.3. The number of carbonyl (C=O) groups is 3. The number of aromatic nitrogens is 6. The van der Waals surface area contributed by atoms with E-state index in [2.05, 4.69) is 71.7 Å². The average Bonchev–Trinajstić information content (AvgIpc) is 3.45. The molecule has 1 saturated heterocycles. The summed E-state index contributed by atoms with van der Waals surface area (Å²) >= 11 is 3.41. The smallest absolute Gasteiger partial charge is 0.248 e. The Morgan fingerprint density at radius 2 is 1.94 bits per heavy atom. The van der Waals surface area contributed by atoms with Crippen LogP contribution < -0.4 is 5.32 Å². The van der Waals surface area contributed by atoms with Crippen LogP contribution in [0.15, 0.2) is 54.0 Å². The molecule has 1 N–H and O–H groups in total. The van der Waals surface area contributed by atoms with Crippen molar-refractivity contribution in [3.63, 3.8) is 0 Å². The maximum absolute atomic E-state index is 14.3. The molecule has 1 aliphatic heterocycles. The number of halogens is 1. The number of allylic oxidation sites excluding steroid dienone is 1. The van der Waals surface area contributed by atoms with Crippen LogP contribution in [0.2, 0.25) is 0 Å². The zero-order chi connectivity index (χ0) is 34.2. The third-order valence-electron chi connectivity index (χ3n) is 9.37. The van der Waals surface area contributed by atoms with E-state index in [1.165, 1.54) is 11.6 Å². The van der Waals surface area contributed by atoms with E-state index in [9.17, 15) is 14.4 Å². The van der Waals surface area contributed by atoms with Crippen LogP contribution in [0.25, 0.3) is 22.2 Å². The molecule has 3 atom stereocenters. The van der Waals surface area contributed by atoms with Crippen molar-refractivity contribution < 1.29 is 14.4 Å². The second-order valence-corrected chi connectivity index (χ2v) is 13.8. The van der Waals surface area contributed by atoms with Crippen molar-refractivity contribution >= 4 is 50.2 Å². The summed E-state index contributed by atoms with van der Waals surface area (Å²) in [4.78, 5) is 62.7. The second-order valence-electron chi connectivity index (χ2n) is 13.0. The molecular formula is C35H40BrN9O3. The Bertz CT molecular complexity index is 1890. The first kappa shape index (κ1) is 33.5. The SMILES string of the molecule is C=CCc1ccc(Br)nc1NC(=O)[C@@H]1C[C@@]2(CN(C)CCCC)C[C@H]2N1C(=O)Cn1nc(C(C)=O)c2cc(-c3cnc(C)nc3)ncc21. The highest BCUT2D eigenvalue weighted by Crippen LogP contribution is 2.60. The van der Waals surface area contributed by atoms with Crippen LogP contribution in [0.4, 0.5) is 5.82 Å². The van der Waals surface area contributed by atoms with Crippen molar-refractivity contribution in [1.82, 2.24) is 39.5 Å². The standard InChI is InChI=1S/C35H40BrN9O3/c1-6-8-12-43(5)20-35-14-27(34(48)41-33-23(9-7-2)10-11-30(36)40-33)45(29(35)15-35)31(47)19-44-28-18-39-26(24-16-37-22(4)38-17-24)13-25(28)32(42-44)21(3)46/h7,10-11,13,16-18,27,29H,2,6,8-9,12,14-15,19-20H2,1,3-5H3,(H,40,41,48)/t27-,29+,35-/m0/s1. The summed E-state index contributed by atoms with van der Waals surface area (Å²) in [5, 5.41) is 8.19. The Hall–Kier alpha value is -4.36. The normalized spacial score (nSPS) is 19.8. The molecule has 1 saturated carbocycles. The number of hydrogen-bond donors (Lipinski definition) is 1. The number of ketones is 1. The van der Waals surface area contributed by atoms with Crippen LogP contribution in [0, 0.1) is 12.3 Å². The Morgan fingerprint density at radius 3 is 2.65 bits per heavy atom. The number of rotatable bonds is 13. The Kier molecular flexibility index (Phi) is 9.53. The minimum Gasteiger partial charge on any atom is -0.325 e. The van der Waals surface area contributed by atoms with Crippen molar-refractivity contribution in [1.29, 1.82) is 0 Å². The third kappa shape index (κ3) is 6.66. The molecule has 2 fully saturated rings. The molecule has 250 valence electrons. The van der Waals surface area contributed by atoms with Crippen molar-refractivity contribution in [3.05, 3.63) is 71.1 Å². The average molecular weight is 715 g/mol. The van der Waals surface area contributed by atoms with Crippen LogP contribution in [-0.4, -0.2) is 89.3 Å². The number of fused-ring (bicyclic) bond motifs is 2. The van der Waals surface area contributed by atoms with Gasteiger partial charge in [0.2, 0.25) is 11.8 Å². The fraction of sp³-hybridized carbons (Fsp3) is 0.429. The van der Waals surface area contributed by atoms with Crippen LogP contribution >= 0.6 is 15.9 Å². The van der Waals surface area contributed by atoms with Gasteiger partial charge in [0.05, 0.1) is 17.4 Å². The largest absolute Gasteiger partial charge is 0.325 e. The van der Waals surface area contributed by atoms with E-state index in [1.807, 2.05) is 12.1 Å². The number of piperidine rings is 1. The van der Waals surface area contributed by atoms with Gasteiger partial charge in [-0.25, -0.2) is 15.0 Å². The van der Waals surface area contributed by atoms with Crippen LogP contribution in [0.3, 0.4) is 0 Å². The number of pyridine rings is 2. The quantitative estimate of drug-likeness (QED) is 0.115. The van der Waals surface area contributed by atoms with Crippen LogP contribution in [-0.2, 0) is 22.6 Å². The molecule has 0 aromatic carbocycles. The molecule has 0 spiro atoms. The number of amides is 2. The summed E-state index contributed by atoms with van der Waals surface area (Å²) in [6, 6.07) is 4.74. The fourth-order valence-electron chi connectivity index (χ4n) is 6.92. The lowest BCUT2D eigenvalue weighted by Crippen LogP contribution is -2.47. The minimum atomic E-state index is -0.687. The highest BCUT2D eigenvalue weighted by atomic mass is 79.9. The van der Waals surface area contributed by atoms with Crippen molar-refractivity contribution in [2.75, 3.05) is 25.5 Å². The van der Waals surface area contributed by atoms with Crippen molar-refractivity contribution in [3.8, 4) is 11.3 Å². The van der Waals surface area contributed by atoms with E-state index < -0.39 is 6.04 Å². The zero-order valence-corrected chi connectivity index (χ0v) is 29.3. The van der Waals surface area contributed by atoms with Gasteiger partial charge in [0.1, 0.15) is 34.5 Å². The lowest BCUT2D eigenvalue weighted by atomic mass is 9.98. The molecule has 6 rings (SSSR count). The Balaban J connectivity index is 1.30. The van der Waals surface area contributed by atoms with Gasteiger partial charge in [-0.3, -0.25) is 24.0 Å². The molecule has 1 aliphatic carbocycles. The molecule has 5 heterocycles. The monoisotopic (exact) mass is 713 g/mol. The van der Waals surface area contributed by atoms with Crippen molar-refractivity contribution in [2.45, 2.75) is 71.5 Å². The number of aryl methyl sites for hydroxylation is 1. The zero-order valence-electron chi connectivity index (χ0n) is 27.7. The Labute approximate surface area is 288 Å². The summed E-state index contributed by atoms with van der Waals surface area (Å²) in [6.07, 6.45) is 10.9. The molecule has 0 unspecified atom stereocenters. The Morgan fingerprint density at radius 1 is 1.17 bits per heavy atom. The number of likely N-dealkylation sites (tertiary alicyclic amines) is 1. The molecule has 4 aromatic heterocycles. The number of carbonyl (C=O) groups excluding carboxylic acids is 3. The molecule has 4 aromatic rings. The molecule has 0 bridgehead atoms. The van der Waals surface area contributed by atoms with Gasteiger partial charge in [-0.1, -0.05) is 25.5 Å². The van der Waals surface area contributed by atoms with E-state index in [1.54, 1.807) is 42.6 Å². The number of nitrogens with zero attached hydrogens (tertiary/aromatic N) is 8. The third-order valence-corrected chi connectivity index (χ3v) is 9.81. The van der Waals surface area contributed by atoms with E-state index >= 15 is 0 Å². The minimum absolute atomic E-state index is 0.0756. The summed E-state index contributed by atoms with van der Waals surface area (Å²) in [5.74, 6) is 0.349. The lowest BCUT2D eigenvalue weighted by Gasteiger charge is -2.27. The van der Waals surface area contributed by atoms with Gasteiger partial charge < -0.3 is 15.1 Å². The van der Waals surface area contributed by atoms with Gasteiger partial charge in [0.25, 0.3) is 0 Å². The van der Waals surface area contributed by atoms with Gasteiger partial charge in [-0.05, 0) is 79.8 Å². The highest BCUT2D eigenvalue weighted by Gasteiger charge is 2.67. The maximum Gasteiger partial charge on any atom is 0.248 e. The van der Waals surface area contributed by atoms with E-state index in [4.69, 9.17) is 0 Å². The number of hydrogen-bond acceptors (Lipinski definition) is 9. The molecular weight excluding hydrogens is 674 g/mol.